The predicted molar refractivity (Wildman–Crippen MR) is 213 cm³/mol. The van der Waals surface area contributed by atoms with Gasteiger partial charge in [0.1, 0.15) is 25.0 Å². The number of hydrogen-bond donors (Lipinski definition) is 0. The van der Waals surface area contributed by atoms with Crippen molar-refractivity contribution in [2.45, 2.75) is 134 Å². The van der Waals surface area contributed by atoms with Gasteiger partial charge in [-0.2, -0.15) is 8.42 Å². The van der Waals surface area contributed by atoms with Gasteiger partial charge >= 0.3 is 22.8 Å². The minimum Gasteiger partial charge on any atom is -0.414 e. The molecule has 55 heavy (non-hydrogen) atoms. The molecular weight excluding hydrogens is 761 g/mol. The number of hydrogen-bond acceptors (Lipinski definition) is 11. The maximum absolute atomic E-state index is 14.3. The van der Waals surface area contributed by atoms with Crippen molar-refractivity contribution in [2.75, 3.05) is 19.8 Å². The van der Waals surface area contributed by atoms with Gasteiger partial charge in [0.2, 0.25) is 0 Å². The predicted octanol–water partition coefficient (Wildman–Crippen LogP) is 6.45. The van der Waals surface area contributed by atoms with Gasteiger partial charge in [-0.3, -0.25) is 13.5 Å². The average Bonchev–Trinajstić information content (AvgIpc) is 3.45. The summed E-state index contributed by atoms with van der Waals surface area (Å²) < 4.78 is 74.6. The highest BCUT2D eigenvalue weighted by Gasteiger charge is 2.62. The van der Waals surface area contributed by atoms with Gasteiger partial charge in [-0.05, 0) is 53.7 Å². The fraction of sp³-hybridized carbons (Fsp3) is 0.590. The largest absolute Gasteiger partial charge is 0.414 e. The summed E-state index contributed by atoms with van der Waals surface area (Å²) in [7, 11) is -10.2. The molecule has 2 aliphatic heterocycles. The van der Waals surface area contributed by atoms with Gasteiger partial charge in [0.05, 0.1) is 31.3 Å². The molecule has 16 heteroatoms. The highest BCUT2D eigenvalue weighted by Crippen LogP contribution is 2.48. The van der Waals surface area contributed by atoms with Crippen molar-refractivity contribution in [1.29, 1.82) is 0 Å². The van der Waals surface area contributed by atoms with Crippen LogP contribution in [-0.4, -0.2) is 72.8 Å². The molecular formula is C39H58N2O11SSi2. The van der Waals surface area contributed by atoms with E-state index >= 15 is 0 Å². The molecule has 5 rings (SSSR count). The van der Waals surface area contributed by atoms with Crippen molar-refractivity contribution in [2.24, 2.45) is 0 Å². The Kier molecular flexibility index (Phi) is 14.0. The van der Waals surface area contributed by atoms with Gasteiger partial charge in [0.15, 0.2) is 6.23 Å². The van der Waals surface area contributed by atoms with Crippen molar-refractivity contribution < 1.29 is 39.8 Å². The topological polar surface area (TPSA) is 143 Å². The summed E-state index contributed by atoms with van der Waals surface area (Å²) in [6.45, 7) is 20.0. The number of benzene rings is 2. The molecule has 0 radical (unpaired) electrons. The lowest BCUT2D eigenvalue weighted by atomic mass is 10.1. The Morgan fingerprint density at radius 2 is 1.45 bits per heavy atom. The van der Waals surface area contributed by atoms with Crippen LogP contribution in [0.2, 0.25) is 22.2 Å². The van der Waals surface area contributed by atoms with Crippen LogP contribution in [0, 0.1) is 13.8 Å². The summed E-state index contributed by atoms with van der Waals surface area (Å²) in [4.78, 5) is 27.7. The van der Waals surface area contributed by atoms with E-state index in [0.717, 1.165) is 15.7 Å². The van der Waals surface area contributed by atoms with Crippen LogP contribution >= 0.6 is 0 Å². The van der Waals surface area contributed by atoms with Crippen LogP contribution < -0.4 is 11.2 Å². The van der Waals surface area contributed by atoms with E-state index in [4.69, 9.17) is 31.4 Å². The number of aromatic nitrogens is 2. The quantitative estimate of drug-likeness (QED) is 0.0950. The van der Waals surface area contributed by atoms with Crippen LogP contribution in [0.1, 0.15) is 78.3 Å². The first-order valence-corrected chi connectivity index (χ1v) is 24.5. The van der Waals surface area contributed by atoms with Crippen LogP contribution in [-0.2, 0) is 54.8 Å². The fourth-order valence-corrected chi connectivity index (χ4v) is 19.6. The van der Waals surface area contributed by atoms with Gasteiger partial charge in [-0.1, -0.05) is 103 Å². The molecule has 2 aromatic carbocycles. The number of ether oxygens (including phenoxy) is 3. The molecule has 0 amide bonds. The molecule has 0 unspecified atom stereocenters. The molecule has 4 atom stereocenters. The van der Waals surface area contributed by atoms with E-state index in [2.05, 4.69) is 55.4 Å². The third kappa shape index (κ3) is 9.19. The van der Waals surface area contributed by atoms with E-state index < -0.39 is 63.0 Å². The molecule has 2 saturated heterocycles. The molecule has 2 fully saturated rings. The van der Waals surface area contributed by atoms with Gasteiger partial charge < -0.3 is 27.2 Å². The van der Waals surface area contributed by atoms with Crippen molar-refractivity contribution in [3.63, 3.8) is 0 Å². The highest BCUT2D eigenvalue weighted by atomic mass is 32.2. The van der Waals surface area contributed by atoms with Crippen molar-refractivity contribution in [3.05, 3.63) is 98.3 Å². The van der Waals surface area contributed by atoms with E-state index in [-0.39, 0.29) is 60.2 Å². The first-order chi connectivity index (χ1) is 25.9. The summed E-state index contributed by atoms with van der Waals surface area (Å²) in [6, 6.07) is 15.8. The minimum atomic E-state index is -4.07. The Morgan fingerprint density at radius 1 is 0.836 bits per heavy atom. The number of rotatable bonds is 15. The lowest BCUT2D eigenvalue weighted by molar-refractivity contribution is -0.0782. The molecule has 304 valence electrons. The highest BCUT2D eigenvalue weighted by molar-refractivity contribution is 7.86. The summed E-state index contributed by atoms with van der Waals surface area (Å²) in [5.74, 6) is 0. The Balaban J connectivity index is 1.53. The van der Waals surface area contributed by atoms with Crippen molar-refractivity contribution >= 4 is 27.2 Å². The van der Waals surface area contributed by atoms with Gasteiger partial charge in [-0.15, -0.1) is 0 Å². The lowest BCUT2D eigenvalue weighted by Gasteiger charge is -2.51. The monoisotopic (exact) mass is 818 g/mol. The summed E-state index contributed by atoms with van der Waals surface area (Å²) >= 11 is 0. The number of nitrogens with zero attached hydrogens (tertiary/aromatic N) is 2. The summed E-state index contributed by atoms with van der Waals surface area (Å²) in [6.07, 6.45) is -2.04. The van der Waals surface area contributed by atoms with Gasteiger partial charge in [-0.25, -0.2) is 9.36 Å². The van der Waals surface area contributed by atoms with E-state index in [1.807, 2.05) is 37.3 Å². The first kappa shape index (κ1) is 43.3. The Hall–Kier alpha value is -2.78. The Labute approximate surface area is 327 Å². The maximum atomic E-state index is 14.3. The second-order valence-electron chi connectivity index (χ2n) is 15.7. The zero-order chi connectivity index (χ0) is 40.3. The summed E-state index contributed by atoms with van der Waals surface area (Å²) in [5, 5.41) is 0. The van der Waals surface area contributed by atoms with Crippen LogP contribution in [0.25, 0.3) is 0 Å². The maximum Gasteiger partial charge on any atom is 0.335 e. The fourth-order valence-electron chi connectivity index (χ4n) is 7.51. The molecule has 2 aliphatic rings. The molecule has 0 spiro atoms. The Morgan fingerprint density at radius 3 is 2.05 bits per heavy atom. The molecule has 1 aromatic heterocycles. The molecule has 3 aromatic rings. The SMILES string of the molecule is Cc1ccc(S(=O)(=O)OCCO[C@@H]2[C@@H]3O[Si](C(C)C)(C(C)C)O[Si](C(C)C)(C(C)C)OC[C@H]3O[C@H]2n2cc(C)c(=O)n(COCc3ccccc3)c2=O)cc1. The number of aryl methyl sites for hydroxylation is 2. The third-order valence-electron chi connectivity index (χ3n) is 10.5. The third-order valence-corrected chi connectivity index (χ3v) is 22.1. The van der Waals surface area contributed by atoms with Gasteiger partial charge in [0, 0.05) is 11.8 Å². The molecule has 3 heterocycles. The zero-order valence-electron chi connectivity index (χ0n) is 33.7. The zero-order valence-corrected chi connectivity index (χ0v) is 36.5. The van der Waals surface area contributed by atoms with E-state index in [9.17, 15) is 18.0 Å². The molecule has 13 nitrogen and oxygen atoms in total. The standard InChI is InChI=1S/C39H58N2O11SSi2/c1-26(2)54(27(3)4)49-24-34-35(51-55(52-54,28(5)6)29(7)8)36(47-20-21-48-53(44,45)33-18-16-30(9)17-19-33)38(50-34)40-22-31(10)37(42)41(39(40)43)25-46-23-32-14-12-11-13-15-32/h11-19,22,26-29,34-36,38H,20-21,23-25H2,1-10H3/t34-,35-,36-,38-/m1/s1. The van der Waals surface area contributed by atoms with E-state index in [1.165, 1.54) is 22.9 Å². The van der Waals surface area contributed by atoms with E-state index in [0.29, 0.717) is 5.56 Å². The Bertz CT molecular complexity index is 1950. The van der Waals surface area contributed by atoms with Crippen LogP contribution in [0.15, 0.2) is 75.3 Å². The van der Waals surface area contributed by atoms with Crippen molar-refractivity contribution in [1.82, 2.24) is 9.13 Å². The normalized spacial score (nSPS) is 22.7. The van der Waals surface area contributed by atoms with Crippen LogP contribution in [0.4, 0.5) is 0 Å². The minimum absolute atomic E-state index is 0.00412. The van der Waals surface area contributed by atoms with E-state index in [1.54, 1.807) is 19.1 Å². The smallest absolute Gasteiger partial charge is 0.335 e. The second-order valence-corrected chi connectivity index (χ2v) is 26.2. The first-order valence-electron chi connectivity index (χ1n) is 19.1. The molecule has 0 bridgehead atoms. The van der Waals surface area contributed by atoms with Crippen molar-refractivity contribution in [3.8, 4) is 0 Å². The van der Waals surface area contributed by atoms with Crippen LogP contribution in [0.3, 0.4) is 0 Å². The summed E-state index contributed by atoms with van der Waals surface area (Å²) in [5.41, 5.74) is 1.14. The average molecular weight is 819 g/mol. The number of fused-ring (bicyclic) bond motifs is 1. The molecule has 0 saturated carbocycles. The molecule has 0 N–H and O–H groups in total. The van der Waals surface area contributed by atoms with Crippen LogP contribution in [0.5, 0.6) is 0 Å². The molecule has 0 aliphatic carbocycles. The second kappa shape index (κ2) is 17.8. The lowest BCUT2D eigenvalue weighted by Crippen LogP contribution is -2.66. The van der Waals surface area contributed by atoms with Gasteiger partial charge in [0.25, 0.3) is 15.7 Å².